The third-order valence-corrected chi connectivity index (χ3v) is 5.14. The average Bonchev–Trinajstić information content (AvgIpc) is 2.47. The highest BCUT2D eigenvalue weighted by Gasteiger charge is 2.36. The summed E-state index contributed by atoms with van der Waals surface area (Å²) in [6.07, 6.45) is 5.30. The summed E-state index contributed by atoms with van der Waals surface area (Å²) in [5.74, 6) is 0.654. The molecule has 0 spiro atoms. The van der Waals surface area contributed by atoms with Crippen LogP contribution in [0.1, 0.15) is 45.1 Å². The van der Waals surface area contributed by atoms with Gasteiger partial charge in [0.2, 0.25) is 0 Å². The zero-order valence-electron chi connectivity index (χ0n) is 13.1. The van der Waals surface area contributed by atoms with Crippen LogP contribution in [-0.4, -0.2) is 5.78 Å². The van der Waals surface area contributed by atoms with Gasteiger partial charge in [-0.15, -0.1) is 0 Å². The van der Waals surface area contributed by atoms with E-state index in [0.717, 1.165) is 6.42 Å². The lowest BCUT2D eigenvalue weighted by atomic mass is 9.66. The molecule has 110 valence electrons. The number of fused-ring (bicyclic) bond motifs is 1. The molecule has 1 nitrogen and oxygen atoms in total. The molecule has 1 atom stereocenters. The number of benzene rings is 2. The SMILES string of the molecule is CC1(C)CCCCC1C(=O)Cc1cccc2ccccc12. The minimum atomic E-state index is 0.167. The number of rotatable bonds is 3. The van der Waals surface area contributed by atoms with Crippen LogP contribution < -0.4 is 0 Å². The maximum absolute atomic E-state index is 12.8. The van der Waals surface area contributed by atoms with E-state index in [1.807, 2.05) is 0 Å². The molecule has 1 heteroatoms. The number of Topliss-reactive ketones (excluding diaryl/α,β-unsaturated/α-hetero) is 1. The van der Waals surface area contributed by atoms with E-state index in [1.54, 1.807) is 0 Å². The van der Waals surface area contributed by atoms with Crippen molar-refractivity contribution in [2.75, 3.05) is 0 Å². The molecule has 0 heterocycles. The minimum Gasteiger partial charge on any atom is -0.299 e. The van der Waals surface area contributed by atoms with Crippen LogP contribution in [0.5, 0.6) is 0 Å². The minimum absolute atomic E-state index is 0.167. The van der Waals surface area contributed by atoms with Crippen LogP contribution in [0.15, 0.2) is 42.5 Å². The fourth-order valence-electron chi connectivity index (χ4n) is 3.85. The molecular formula is C20H24O. The van der Waals surface area contributed by atoms with Gasteiger partial charge < -0.3 is 0 Å². The summed E-state index contributed by atoms with van der Waals surface area (Å²) >= 11 is 0. The van der Waals surface area contributed by atoms with Crippen LogP contribution in [0.25, 0.3) is 10.8 Å². The van der Waals surface area contributed by atoms with E-state index in [2.05, 4.69) is 56.3 Å². The van der Waals surface area contributed by atoms with Gasteiger partial charge in [-0.1, -0.05) is 69.2 Å². The largest absolute Gasteiger partial charge is 0.299 e. The van der Waals surface area contributed by atoms with Crippen molar-refractivity contribution in [1.29, 1.82) is 0 Å². The Bertz CT molecular complexity index is 648. The maximum atomic E-state index is 12.8. The molecule has 0 aromatic heterocycles. The van der Waals surface area contributed by atoms with Gasteiger partial charge >= 0.3 is 0 Å². The smallest absolute Gasteiger partial charge is 0.140 e. The Morgan fingerprint density at radius 1 is 1.10 bits per heavy atom. The molecule has 2 aromatic carbocycles. The quantitative estimate of drug-likeness (QED) is 0.758. The molecule has 2 aromatic rings. The van der Waals surface area contributed by atoms with Crippen molar-refractivity contribution in [2.45, 2.75) is 46.0 Å². The number of carbonyl (C=O) groups is 1. The summed E-state index contributed by atoms with van der Waals surface area (Å²) in [7, 11) is 0. The molecule has 0 bridgehead atoms. The topological polar surface area (TPSA) is 17.1 Å². The predicted octanol–water partition coefficient (Wildman–Crippen LogP) is 5.17. The van der Waals surface area contributed by atoms with Crippen LogP contribution in [0.4, 0.5) is 0 Å². The van der Waals surface area contributed by atoms with Crippen molar-refractivity contribution in [3.63, 3.8) is 0 Å². The molecule has 1 saturated carbocycles. The molecule has 0 N–H and O–H groups in total. The lowest BCUT2D eigenvalue weighted by Crippen LogP contribution is -2.34. The average molecular weight is 280 g/mol. The molecule has 1 fully saturated rings. The molecule has 1 aliphatic carbocycles. The van der Waals surface area contributed by atoms with Crippen LogP contribution in [-0.2, 0) is 11.2 Å². The first-order valence-corrected chi connectivity index (χ1v) is 8.07. The zero-order valence-corrected chi connectivity index (χ0v) is 13.1. The molecule has 0 amide bonds. The molecule has 0 saturated heterocycles. The summed E-state index contributed by atoms with van der Waals surface area (Å²) < 4.78 is 0. The van der Waals surface area contributed by atoms with E-state index in [-0.39, 0.29) is 11.3 Å². The summed E-state index contributed by atoms with van der Waals surface area (Å²) in [5, 5.41) is 2.45. The normalized spacial score (nSPS) is 21.3. The van der Waals surface area contributed by atoms with Gasteiger partial charge in [-0.2, -0.15) is 0 Å². The van der Waals surface area contributed by atoms with Gasteiger partial charge in [0.05, 0.1) is 0 Å². The van der Waals surface area contributed by atoms with Crippen molar-refractivity contribution >= 4 is 16.6 Å². The van der Waals surface area contributed by atoms with Crippen LogP contribution in [0.3, 0.4) is 0 Å². The molecule has 0 radical (unpaired) electrons. The Hall–Kier alpha value is -1.63. The number of hydrogen-bond acceptors (Lipinski definition) is 1. The van der Waals surface area contributed by atoms with Crippen LogP contribution in [0.2, 0.25) is 0 Å². The van der Waals surface area contributed by atoms with Gasteiger partial charge in [0.25, 0.3) is 0 Å². The summed E-state index contributed by atoms with van der Waals surface area (Å²) in [6, 6.07) is 14.7. The first kappa shape index (κ1) is 14.3. The monoisotopic (exact) mass is 280 g/mol. The fourth-order valence-corrected chi connectivity index (χ4v) is 3.85. The van der Waals surface area contributed by atoms with Gasteiger partial charge in [-0.05, 0) is 34.6 Å². The van der Waals surface area contributed by atoms with Crippen molar-refractivity contribution in [2.24, 2.45) is 11.3 Å². The zero-order chi connectivity index (χ0) is 14.9. The van der Waals surface area contributed by atoms with E-state index in [9.17, 15) is 4.79 Å². The molecule has 1 unspecified atom stereocenters. The third kappa shape index (κ3) is 2.88. The fraction of sp³-hybridized carbons (Fsp3) is 0.450. The first-order chi connectivity index (χ1) is 10.1. The molecule has 3 rings (SSSR count). The van der Waals surface area contributed by atoms with Gasteiger partial charge in [-0.3, -0.25) is 4.79 Å². The van der Waals surface area contributed by atoms with Crippen molar-refractivity contribution in [1.82, 2.24) is 0 Å². The first-order valence-electron chi connectivity index (χ1n) is 8.07. The molecule has 0 aliphatic heterocycles. The Labute approximate surface area is 127 Å². The second kappa shape index (κ2) is 5.63. The lowest BCUT2D eigenvalue weighted by Gasteiger charge is -2.37. The van der Waals surface area contributed by atoms with Crippen molar-refractivity contribution in [3.8, 4) is 0 Å². The van der Waals surface area contributed by atoms with Gasteiger partial charge in [-0.25, -0.2) is 0 Å². The number of hydrogen-bond donors (Lipinski definition) is 0. The second-order valence-electron chi connectivity index (χ2n) is 7.07. The van der Waals surface area contributed by atoms with E-state index in [1.165, 1.54) is 35.6 Å². The highest BCUT2D eigenvalue weighted by molar-refractivity contribution is 5.92. The highest BCUT2D eigenvalue weighted by atomic mass is 16.1. The molecule has 1 aliphatic rings. The summed E-state index contributed by atoms with van der Waals surface area (Å²) in [5.41, 5.74) is 1.35. The second-order valence-corrected chi connectivity index (χ2v) is 7.07. The Kier molecular flexibility index (Phi) is 3.84. The summed E-state index contributed by atoms with van der Waals surface area (Å²) in [4.78, 5) is 12.8. The van der Waals surface area contributed by atoms with E-state index in [4.69, 9.17) is 0 Å². The number of carbonyl (C=O) groups excluding carboxylic acids is 1. The van der Waals surface area contributed by atoms with E-state index in [0.29, 0.717) is 12.2 Å². The molecular weight excluding hydrogens is 256 g/mol. The van der Waals surface area contributed by atoms with Crippen LogP contribution in [0, 0.1) is 11.3 Å². The van der Waals surface area contributed by atoms with Gasteiger partial charge in [0.15, 0.2) is 0 Å². The van der Waals surface area contributed by atoms with Gasteiger partial charge in [0, 0.05) is 12.3 Å². The third-order valence-electron chi connectivity index (χ3n) is 5.14. The van der Waals surface area contributed by atoms with Crippen molar-refractivity contribution in [3.05, 3.63) is 48.0 Å². The van der Waals surface area contributed by atoms with E-state index >= 15 is 0 Å². The Morgan fingerprint density at radius 2 is 1.86 bits per heavy atom. The lowest BCUT2D eigenvalue weighted by molar-refractivity contribution is -0.127. The van der Waals surface area contributed by atoms with Crippen molar-refractivity contribution < 1.29 is 4.79 Å². The Balaban J connectivity index is 1.86. The Morgan fingerprint density at radius 3 is 2.67 bits per heavy atom. The highest BCUT2D eigenvalue weighted by Crippen LogP contribution is 2.41. The molecule has 21 heavy (non-hydrogen) atoms. The maximum Gasteiger partial charge on any atom is 0.140 e. The van der Waals surface area contributed by atoms with Gasteiger partial charge in [0.1, 0.15) is 5.78 Å². The predicted molar refractivity (Wildman–Crippen MR) is 88.4 cm³/mol. The number of ketones is 1. The van der Waals surface area contributed by atoms with E-state index < -0.39 is 0 Å². The standard InChI is InChI=1S/C20H24O/c1-20(2)13-6-5-12-18(20)19(21)14-16-10-7-9-15-8-3-4-11-17(15)16/h3-4,7-11,18H,5-6,12-14H2,1-2H3. The van der Waals surface area contributed by atoms with Crippen LogP contribution >= 0.6 is 0 Å². The summed E-state index contributed by atoms with van der Waals surface area (Å²) in [6.45, 7) is 4.52.